The minimum atomic E-state index is -0.833. The van der Waals surface area contributed by atoms with Crippen LogP contribution in [0.3, 0.4) is 0 Å². The van der Waals surface area contributed by atoms with Crippen molar-refractivity contribution in [1.82, 2.24) is 15.0 Å². The van der Waals surface area contributed by atoms with Gasteiger partial charge in [0, 0.05) is 51.6 Å². The number of aromatic nitrogens is 3. The van der Waals surface area contributed by atoms with E-state index in [4.69, 9.17) is 24.9 Å². The van der Waals surface area contributed by atoms with Gasteiger partial charge >= 0.3 is 0 Å². The second-order valence-corrected chi connectivity index (χ2v) is 6.41. The van der Waals surface area contributed by atoms with Crippen molar-refractivity contribution in [1.29, 1.82) is 0 Å². The Hall–Kier alpha value is -3.79. The van der Waals surface area contributed by atoms with Crippen LogP contribution in [-0.2, 0) is 9.59 Å². The molecule has 10 nitrogen and oxygen atoms in total. The number of pyridine rings is 1. The Morgan fingerprint density at radius 3 is 2.26 bits per heavy atom. The highest BCUT2D eigenvalue weighted by Gasteiger charge is 2.10. The van der Waals surface area contributed by atoms with Crippen LogP contribution in [0.15, 0.2) is 42.9 Å². The van der Waals surface area contributed by atoms with E-state index < -0.39 is 11.9 Å². The van der Waals surface area contributed by atoms with Crippen molar-refractivity contribution in [2.24, 2.45) is 0 Å². The zero-order chi connectivity index (χ0) is 23.4. The number of hydrogen-bond donors (Lipinski definition) is 4. The van der Waals surface area contributed by atoms with Gasteiger partial charge in [0.25, 0.3) is 11.9 Å². The van der Waals surface area contributed by atoms with E-state index in [1.54, 1.807) is 6.20 Å². The van der Waals surface area contributed by atoms with Crippen LogP contribution in [-0.4, -0.2) is 69.5 Å². The maximum absolute atomic E-state index is 9.01. The van der Waals surface area contributed by atoms with E-state index in [1.165, 1.54) is 6.33 Å². The number of hydrogen-bond acceptors (Lipinski definition) is 8. The van der Waals surface area contributed by atoms with Gasteiger partial charge in [-0.1, -0.05) is 6.07 Å². The van der Waals surface area contributed by atoms with Gasteiger partial charge in [0.05, 0.1) is 12.1 Å². The van der Waals surface area contributed by atoms with Gasteiger partial charge in [0.2, 0.25) is 0 Å². The highest BCUT2D eigenvalue weighted by Crippen LogP contribution is 2.31. The summed E-state index contributed by atoms with van der Waals surface area (Å²) in [5.74, 6) is -0.0326. The number of aliphatic hydroxyl groups is 1. The average Bonchev–Trinajstić information content (AvgIpc) is 2.71. The predicted octanol–water partition coefficient (Wildman–Crippen LogP) is 2.34. The van der Waals surface area contributed by atoms with Crippen LogP contribution in [0.4, 0.5) is 11.6 Å². The lowest BCUT2D eigenvalue weighted by Gasteiger charge is -2.16. The first kappa shape index (κ1) is 25.2. The van der Waals surface area contributed by atoms with Crippen LogP contribution < -0.4 is 10.2 Å². The van der Waals surface area contributed by atoms with E-state index in [-0.39, 0.29) is 6.61 Å². The third-order valence-electron chi connectivity index (χ3n) is 3.56. The van der Waals surface area contributed by atoms with Gasteiger partial charge in [0.1, 0.15) is 18.0 Å². The number of benzene rings is 1. The zero-order valence-electron chi connectivity index (χ0n) is 17.9. The normalized spacial score (nSPS) is 9.58. The number of anilines is 2. The van der Waals surface area contributed by atoms with E-state index in [0.29, 0.717) is 6.54 Å². The zero-order valence-corrected chi connectivity index (χ0v) is 17.9. The van der Waals surface area contributed by atoms with Crippen LogP contribution in [0.25, 0.3) is 22.0 Å². The molecular formula is C21H27N5O5. The van der Waals surface area contributed by atoms with Crippen LogP contribution >= 0.6 is 0 Å². The number of aliphatic hydroxyl groups excluding tert-OH is 1. The molecule has 2 aromatic heterocycles. The summed E-state index contributed by atoms with van der Waals surface area (Å²) in [5, 5.41) is 27.9. The molecule has 0 spiro atoms. The van der Waals surface area contributed by atoms with Crippen molar-refractivity contribution in [3.63, 3.8) is 0 Å². The molecule has 0 amide bonds. The van der Waals surface area contributed by atoms with Crippen LogP contribution in [0.5, 0.6) is 0 Å². The number of carboxylic acids is 2. The molecule has 0 aliphatic carbocycles. The van der Waals surface area contributed by atoms with Crippen molar-refractivity contribution in [2.45, 2.75) is 13.8 Å². The number of rotatable bonds is 5. The molecule has 0 unspecified atom stereocenters. The molecule has 0 fully saturated rings. The van der Waals surface area contributed by atoms with E-state index in [1.807, 2.05) is 43.3 Å². The maximum Gasteiger partial charge on any atom is 0.300 e. The van der Waals surface area contributed by atoms with Gasteiger partial charge in [0.15, 0.2) is 0 Å². The number of fused-ring (bicyclic) bond motifs is 1. The molecule has 166 valence electrons. The fraction of sp³-hybridized carbons (Fsp3) is 0.286. The first-order chi connectivity index (χ1) is 14.7. The highest BCUT2D eigenvalue weighted by atomic mass is 16.4. The number of carbonyl (C=O) groups is 2. The Balaban J connectivity index is 0.000000519. The van der Waals surface area contributed by atoms with Crippen molar-refractivity contribution >= 4 is 34.5 Å². The molecule has 3 rings (SSSR count). The molecule has 0 saturated heterocycles. The van der Waals surface area contributed by atoms with Crippen molar-refractivity contribution in [3.8, 4) is 11.1 Å². The van der Waals surface area contributed by atoms with Gasteiger partial charge in [-0.15, -0.1) is 0 Å². The fourth-order valence-electron chi connectivity index (χ4n) is 2.52. The van der Waals surface area contributed by atoms with Crippen molar-refractivity contribution in [2.75, 3.05) is 37.5 Å². The molecule has 2 heterocycles. The molecule has 0 bridgehead atoms. The molecule has 0 radical (unpaired) electrons. The standard InChI is InChI=1S/C17H19N5O.2C2H4O2/c1-22(2)17-13(4-3-7-19-17)12-5-6-15-14(10-12)16(18-8-9-23)21-11-20-15;2*1-2(3)4/h3-7,10-11,23H,8-9H2,1-2H3,(H,18,20,21);2*1H3,(H,3,4). The summed E-state index contributed by atoms with van der Waals surface area (Å²) in [7, 11) is 3.95. The summed E-state index contributed by atoms with van der Waals surface area (Å²) in [6.45, 7) is 2.67. The van der Waals surface area contributed by atoms with Crippen molar-refractivity contribution < 1.29 is 24.9 Å². The number of nitrogens with zero attached hydrogens (tertiary/aromatic N) is 4. The highest BCUT2D eigenvalue weighted by molar-refractivity contribution is 5.93. The third kappa shape index (κ3) is 8.62. The Morgan fingerprint density at radius 2 is 1.68 bits per heavy atom. The van der Waals surface area contributed by atoms with Gasteiger partial charge in [-0.2, -0.15) is 0 Å². The van der Waals surface area contributed by atoms with E-state index >= 15 is 0 Å². The van der Waals surface area contributed by atoms with Gasteiger partial charge in [-0.3, -0.25) is 9.59 Å². The third-order valence-corrected chi connectivity index (χ3v) is 3.56. The lowest BCUT2D eigenvalue weighted by molar-refractivity contribution is -0.135. The van der Waals surface area contributed by atoms with Gasteiger partial charge in [-0.25, -0.2) is 15.0 Å². The predicted molar refractivity (Wildman–Crippen MR) is 119 cm³/mol. The van der Waals surface area contributed by atoms with Crippen molar-refractivity contribution in [3.05, 3.63) is 42.9 Å². The van der Waals surface area contributed by atoms with Gasteiger partial charge in [-0.05, 0) is 29.8 Å². The maximum atomic E-state index is 9.01. The molecule has 4 N–H and O–H groups in total. The van der Waals surface area contributed by atoms with Crippen LogP contribution in [0, 0.1) is 0 Å². The number of carboxylic acid groups (broad SMARTS) is 2. The summed E-state index contributed by atoms with van der Waals surface area (Å²) >= 11 is 0. The van der Waals surface area contributed by atoms with E-state index in [0.717, 1.165) is 47.5 Å². The fourth-order valence-corrected chi connectivity index (χ4v) is 2.52. The molecular weight excluding hydrogens is 402 g/mol. The minimum absolute atomic E-state index is 0.0541. The molecule has 0 aliphatic heterocycles. The topological polar surface area (TPSA) is 149 Å². The second kappa shape index (κ2) is 12.7. The van der Waals surface area contributed by atoms with E-state index in [9.17, 15) is 0 Å². The summed E-state index contributed by atoms with van der Waals surface area (Å²) in [5.41, 5.74) is 2.96. The first-order valence-electron chi connectivity index (χ1n) is 9.28. The molecule has 0 saturated carbocycles. The molecule has 0 atom stereocenters. The number of aliphatic carboxylic acids is 2. The SMILES string of the molecule is CC(=O)O.CC(=O)O.CN(C)c1ncccc1-c1ccc2ncnc(NCCO)c2c1. The second-order valence-electron chi connectivity index (χ2n) is 6.41. The molecule has 31 heavy (non-hydrogen) atoms. The molecule has 3 aromatic rings. The summed E-state index contributed by atoms with van der Waals surface area (Å²) in [6.07, 6.45) is 3.31. The summed E-state index contributed by atoms with van der Waals surface area (Å²) < 4.78 is 0. The Bertz CT molecular complexity index is 990. The summed E-state index contributed by atoms with van der Waals surface area (Å²) in [4.78, 5) is 33.0. The van der Waals surface area contributed by atoms with Crippen LogP contribution in [0.2, 0.25) is 0 Å². The molecule has 1 aromatic carbocycles. The van der Waals surface area contributed by atoms with Gasteiger partial charge < -0.3 is 25.5 Å². The quantitative estimate of drug-likeness (QED) is 0.476. The van der Waals surface area contributed by atoms with E-state index in [2.05, 4.69) is 26.3 Å². The minimum Gasteiger partial charge on any atom is -0.481 e. The lowest BCUT2D eigenvalue weighted by atomic mass is 10.0. The first-order valence-corrected chi connectivity index (χ1v) is 9.28. The monoisotopic (exact) mass is 429 g/mol. The Morgan fingerprint density at radius 1 is 1.03 bits per heavy atom. The largest absolute Gasteiger partial charge is 0.481 e. The lowest BCUT2D eigenvalue weighted by Crippen LogP contribution is -2.11. The molecule has 10 heteroatoms. The molecule has 0 aliphatic rings. The smallest absolute Gasteiger partial charge is 0.300 e. The van der Waals surface area contributed by atoms with Crippen LogP contribution in [0.1, 0.15) is 13.8 Å². The summed E-state index contributed by atoms with van der Waals surface area (Å²) in [6, 6.07) is 10.0. The Labute approximate surface area is 180 Å². The Kier molecular flexibility index (Phi) is 10.3. The number of nitrogens with one attached hydrogen (secondary N) is 1. The average molecular weight is 429 g/mol.